The predicted molar refractivity (Wildman–Crippen MR) is 85.4 cm³/mol. The largest absolute Gasteiger partial charge is 0.444 e. The van der Waals surface area contributed by atoms with Gasteiger partial charge in [-0.15, -0.1) is 0 Å². The monoisotopic (exact) mass is 296 g/mol. The number of nitrogens with one attached hydrogen (secondary N) is 1. The molecule has 4 heteroatoms. The zero-order valence-corrected chi connectivity index (χ0v) is 14.2. The highest BCUT2D eigenvalue weighted by Gasteiger charge is 2.34. The van der Waals surface area contributed by atoms with Gasteiger partial charge in [0.25, 0.3) is 0 Å². The van der Waals surface area contributed by atoms with Crippen LogP contribution in [0.3, 0.4) is 0 Å². The van der Waals surface area contributed by atoms with Crippen molar-refractivity contribution < 1.29 is 9.53 Å². The molecule has 0 aliphatic heterocycles. The predicted octanol–water partition coefficient (Wildman–Crippen LogP) is 3.55. The molecule has 0 aromatic carbocycles. The molecule has 2 aliphatic rings. The third-order valence-electron chi connectivity index (χ3n) is 4.42. The lowest BCUT2D eigenvalue weighted by atomic mass is 9.87. The van der Waals surface area contributed by atoms with E-state index in [4.69, 9.17) is 4.74 Å². The van der Waals surface area contributed by atoms with Gasteiger partial charge in [-0.2, -0.15) is 0 Å². The molecule has 0 bridgehead atoms. The SMILES string of the molecule is CC1CCC(NCCN(C(=O)OC(C)(C)C)C2CC2)CC1. The van der Waals surface area contributed by atoms with E-state index in [0.29, 0.717) is 12.1 Å². The van der Waals surface area contributed by atoms with E-state index in [1.54, 1.807) is 0 Å². The van der Waals surface area contributed by atoms with Crippen LogP contribution >= 0.6 is 0 Å². The lowest BCUT2D eigenvalue weighted by Gasteiger charge is -2.30. The average Bonchev–Trinajstić information content (AvgIpc) is 3.19. The maximum Gasteiger partial charge on any atom is 0.410 e. The topological polar surface area (TPSA) is 41.6 Å². The molecule has 0 aromatic heterocycles. The van der Waals surface area contributed by atoms with Crippen LogP contribution in [0.5, 0.6) is 0 Å². The Morgan fingerprint density at radius 2 is 1.76 bits per heavy atom. The number of carbonyl (C=O) groups is 1. The van der Waals surface area contributed by atoms with E-state index < -0.39 is 5.60 Å². The van der Waals surface area contributed by atoms with Crippen LogP contribution in [0, 0.1) is 5.92 Å². The van der Waals surface area contributed by atoms with Crippen LogP contribution in [0.15, 0.2) is 0 Å². The summed E-state index contributed by atoms with van der Waals surface area (Å²) < 4.78 is 5.52. The van der Waals surface area contributed by atoms with Crippen LogP contribution in [-0.4, -0.2) is 41.8 Å². The standard InChI is InChI=1S/C17H32N2O2/c1-13-5-7-14(8-6-13)18-11-12-19(15-9-10-15)16(20)21-17(2,3)4/h13-15,18H,5-12H2,1-4H3. The molecule has 0 atom stereocenters. The Kier molecular flexibility index (Phi) is 5.53. The van der Waals surface area contributed by atoms with Gasteiger partial charge in [0, 0.05) is 25.2 Å². The van der Waals surface area contributed by atoms with Gasteiger partial charge in [0.2, 0.25) is 0 Å². The molecule has 1 amide bonds. The second-order valence-corrected chi connectivity index (χ2v) is 7.82. The zero-order chi connectivity index (χ0) is 15.5. The molecule has 1 N–H and O–H groups in total. The first-order valence-corrected chi connectivity index (χ1v) is 8.58. The lowest BCUT2D eigenvalue weighted by Crippen LogP contribution is -2.44. The molecule has 2 fully saturated rings. The first-order chi connectivity index (χ1) is 9.85. The van der Waals surface area contributed by atoms with E-state index in [1.807, 2.05) is 25.7 Å². The molecule has 2 aliphatic carbocycles. The van der Waals surface area contributed by atoms with Crippen LogP contribution in [0.25, 0.3) is 0 Å². The summed E-state index contributed by atoms with van der Waals surface area (Å²) in [6.07, 6.45) is 7.31. The highest BCUT2D eigenvalue weighted by molar-refractivity contribution is 5.69. The van der Waals surface area contributed by atoms with Gasteiger partial charge < -0.3 is 15.0 Å². The van der Waals surface area contributed by atoms with Crippen molar-refractivity contribution in [1.82, 2.24) is 10.2 Å². The van der Waals surface area contributed by atoms with Gasteiger partial charge in [-0.1, -0.05) is 6.92 Å². The molecular formula is C17H32N2O2. The Morgan fingerprint density at radius 3 is 2.29 bits per heavy atom. The number of ether oxygens (including phenoxy) is 1. The van der Waals surface area contributed by atoms with Crippen molar-refractivity contribution in [1.29, 1.82) is 0 Å². The molecule has 4 nitrogen and oxygen atoms in total. The molecular weight excluding hydrogens is 264 g/mol. The molecule has 0 heterocycles. The van der Waals surface area contributed by atoms with Crippen molar-refractivity contribution in [2.75, 3.05) is 13.1 Å². The summed E-state index contributed by atoms with van der Waals surface area (Å²) in [5.74, 6) is 0.882. The van der Waals surface area contributed by atoms with Gasteiger partial charge in [0.1, 0.15) is 5.60 Å². The minimum absolute atomic E-state index is 0.149. The fourth-order valence-corrected chi connectivity index (χ4v) is 2.98. The molecule has 0 unspecified atom stereocenters. The van der Waals surface area contributed by atoms with Crippen LogP contribution in [0.2, 0.25) is 0 Å². The number of amides is 1. The van der Waals surface area contributed by atoms with Crippen molar-refractivity contribution in [2.45, 2.75) is 83.9 Å². The highest BCUT2D eigenvalue weighted by Crippen LogP contribution is 2.28. The highest BCUT2D eigenvalue weighted by atomic mass is 16.6. The zero-order valence-electron chi connectivity index (χ0n) is 14.2. The van der Waals surface area contributed by atoms with Crippen molar-refractivity contribution in [3.8, 4) is 0 Å². The van der Waals surface area contributed by atoms with E-state index in [-0.39, 0.29) is 6.09 Å². The summed E-state index contributed by atoms with van der Waals surface area (Å²) >= 11 is 0. The quantitative estimate of drug-likeness (QED) is 0.843. The summed E-state index contributed by atoms with van der Waals surface area (Å²) in [6, 6.07) is 1.05. The van der Waals surface area contributed by atoms with Crippen molar-refractivity contribution in [2.24, 2.45) is 5.92 Å². The Balaban J connectivity index is 1.72. The summed E-state index contributed by atoms with van der Waals surface area (Å²) in [5.41, 5.74) is -0.406. The normalized spacial score (nSPS) is 26.5. The average molecular weight is 296 g/mol. The van der Waals surface area contributed by atoms with Gasteiger partial charge >= 0.3 is 6.09 Å². The van der Waals surface area contributed by atoms with Crippen LogP contribution in [0.4, 0.5) is 4.79 Å². The molecule has 0 aromatic rings. The second kappa shape index (κ2) is 6.99. The fourth-order valence-electron chi connectivity index (χ4n) is 2.98. The smallest absolute Gasteiger partial charge is 0.410 e. The third kappa shape index (κ3) is 5.85. The maximum absolute atomic E-state index is 12.2. The third-order valence-corrected chi connectivity index (χ3v) is 4.42. The number of carbonyl (C=O) groups excluding carboxylic acids is 1. The summed E-state index contributed by atoms with van der Waals surface area (Å²) in [4.78, 5) is 14.2. The van der Waals surface area contributed by atoms with E-state index in [9.17, 15) is 4.79 Å². The molecule has 21 heavy (non-hydrogen) atoms. The van der Waals surface area contributed by atoms with Crippen molar-refractivity contribution in [3.05, 3.63) is 0 Å². The van der Waals surface area contributed by atoms with E-state index in [2.05, 4.69) is 12.2 Å². The van der Waals surface area contributed by atoms with Crippen molar-refractivity contribution in [3.63, 3.8) is 0 Å². The Hall–Kier alpha value is -0.770. The Labute approximate surface area is 129 Å². The molecule has 0 saturated heterocycles. The van der Waals surface area contributed by atoms with E-state index >= 15 is 0 Å². The maximum atomic E-state index is 12.2. The Bertz CT molecular complexity index is 339. The van der Waals surface area contributed by atoms with Gasteiger partial charge in [0.05, 0.1) is 0 Å². The van der Waals surface area contributed by atoms with Gasteiger partial charge in [-0.25, -0.2) is 4.79 Å². The molecule has 2 saturated carbocycles. The number of hydrogen-bond donors (Lipinski definition) is 1. The fraction of sp³-hybridized carbons (Fsp3) is 0.941. The van der Waals surface area contributed by atoms with Gasteiger partial charge in [-0.05, 0) is 65.2 Å². The summed E-state index contributed by atoms with van der Waals surface area (Å²) in [6.45, 7) is 9.78. The molecule has 2 rings (SSSR count). The minimum atomic E-state index is -0.406. The Morgan fingerprint density at radius 1 is 1.14 bits per heavy atom. The lowest BCUT2D eigenvalue weighted by molar-refractivity contribution is 0.0234. The number of hydrogen-bond acceptors (Lipinski definition) is 3. The molecule has 0 radical (unpaired) electrons. The van der Waals surface area contributed by atoms with Crippen LogP contribution in [0.1, 0.15) is 66.2 Å². The van der Waals surface area contributed by atoms with Crippen molar-refractivity contribution >= 4 is 6.09 Å². The summed E-state index contributed by atoms with van der Waals surface area (Å²) in [5, 5.41) is 3.62. The van der Waals surface area contributed by atoms with Crippen LogP contribution < -0.4 is 5.32 Å². The number of nitrogens with zero attached hydrogens (tertiary/aromatic N) is 1. The van der Waals surface area contributed by atoms with E-state index in [1.165, 1.54) is 25.7 Å². The second-order valence-electron chi connectivity index (χ2n) is 7.82. The van der Waals surface area contributed by atoms with Gasteiger partial charge in [-0.3, -0.25) is 0 Å². The number of rotatable bonds is 5. The summed E-state index contributed by atoms with van der Waals surface area (Å²) in [7, 11) is 0. The first kappa shape index (κ1) is 16.6. The minimum Gasteiger partial charge on any atom is -0.444 e. The molecule has 0 spiro atoms. The van der Waals surface area contributed by atoms with Gasteiger partial charge in [0.15, 0.2) is 0 Å². The van der Waals surface area contributed by atoms with Crippen LogP contribution in [-0.2, 0) is 4.74 Å². The van der Waals surface area contributed by atoms with E-state index in [0.717, 1.165) is 31.8 Å². The molecule has 122 valence electrons. The first-order valence-electron chi connectivity index (χ1n) is 8.58.